The van der Waals surface area contributed by atoms with E-state index in [1.54, 1.807) is 0 Å². The summed E-state index contributed by atoms with van der Waals surface area (Å²) in [5, 5.41) is 11.1. The monoisotopic (exact) mass is 302 g/mol. The van der Waals surface area contributed by atoms with Crippen molar-refractivity contribution in [3.8, 4) is 0 Å². The number of likely N-dealkylation sites (N-methyl/N-ethyl adjacent to an activating group) is 1. The molecule has 0 spiro atoms. The lowest BCUT2D eigenvalue weighted by molar-refractivity contribution is -0.122. The van der Waals surface area contributed by atoms with Crippen LogP contribution in [-0.2, 0) is 11.3 Å². The van der Waals surface area contributed by atoms with Crippen LogP contribution in [-0.4, -0.2) is 70.1 Å². The molecule has 22 heavy (non-hydrogen) atoms. The summed E-state index contributed by atoms with van der Waals surface area (Å²) < 4.78 is 1.89. The van der Waals surface area contributed by atoms with Gasteiger partial charge < -0.3 is 10.2 Å². The van der Waals surface area contributed by atoms with Gasteiger partial charge in [0, 0.05) is 19.3 Å². The van der Waals surface area contributed by atoms with E-state index in [9.17, 15) is 4.79 Å². The standard InChI is InChI=1S/C15H22N6O/c1-19-6-4-7-20(10-9-19)12-15(22)16-11-14-18-17-13-5-2-3-8-21(13)14/h2-3,5,8H,4,6-7,9-12H2,1H3,(H,16,22). The summed E-state index contributed by atoms with van der Waals surface area (Å²) in [5.41, 5.74) is 0.794. The maximum Gasteiger partial charge on any atom is 0.234 e. The van der Waals surface area contributed by atoms with Crippen LogP contribution in [0.25, 0.3) is 5.65 Å². The Labute approximate surface area is 129 Å². The van der Waals surface area contributed by atoms with Gasteiger partial charge >= 0.3 is 0 Å². The number of hydrogen-bond acceptors (Lipinski definition) is 5. The molecule has 3 heterocycles. The Balaban J connectivity index is 1.52. The van der Waals surface area contributed by atoms with E-state index in [0.717, 1.165) is 44.1 Å². The normalized spacial score (nSPS) is 17.5. The zero-order valence-electron chi connectivity index (χ0n) is 12.9. The second-order valence-electron chi connectivity index (χ2n) is 5.75. The van der Waals surface area contributed by atoms with Crippen LogP contribution in [0.3, 0.4) is 0 Å². The van der Waals surface area contributed by atoms with Gasteiger partial charge in [-0.15, -0.1) is 10.2 Å². The maximum absolute atomic E-state index is 12.1. The Kier molecular flexibility index (Phi) is 4.65. The van der Waals surface area contributed by atoms with Gasteiger partial charge in [-0.2, -0.15) is 0 Å². The molecule has 1 amide bonds. The SMILES string of the molecule is CN1CCCN(CC(=O)NCc2nnc3ccccn23)CC1. The maximum atomic E-state index is 12.1. The average Bonchev–Trinajstić information content (AvgIpc) is 2.83. The predicted octanol–water partition coefficient (Wildman–Crippen LogP) is -0.0170. The van der Waals surface area contributed by atoms with Crippen LogP contribution in [0, 0.1) is 0 Å². The van der Waals surface area contributed by atoms with Gasteiger partial charge in [-0.05, 0) is 38.7 Å². The van der Waals surface area contributed by atoms with Gasteiger partial charge in [-0.25, -0.2) is 0 Å². The third-order valence-electron chi connectivity index (χ3n) is 4.01. The lowest BCUT2D eigenvalue weighted by Gasteiger charge is -2.19. The summed E-state index contributed by atoms with van der Waals surface area (Å²) in [5.74, 6) is 0.789. The van der Waals surface area contributed by atoms with E-state index >= 15 is 0 Å². The Morgan fingerprint density at radius 2 is 2.14 bits per heavy atom. The smallest absolute Gasteiger partial charge is 0.234 e. The van der Waals surface area contributed by atoms with Crippen LogP contribution in [0.15, 0.2) is 24.4 Å². The number of carbonyl (C=O) groups excluding carboxylic acids is 1. The lowest BCUT2D eigenvalue weighted by Crippen LogP contribution is -2.39. The number of carbonyl (C=O) groups is 1. The molecular formula is C15H22N6O. The van der Waals surface area contributed by atoms with Crippen molar-refractivity contribution < 1.29 is 4.79 Å². The van der Waals surface area contributed by atoms with Crippen LogP contribution in [0.1, 0.15) is 12.2 Å². The van der Waals surface area contributed by atoms with Crippen LogP contribution >= 0.6 is 0 Å². The molecule has 0 bridgehead atoms. The molecule has 118 valence electrons. The molecule has 1 aliphatic rings. The van der Waals surface area contributed by atoms with Gasteiger partial charge in [0.2, 0.25) is 5.91 Å². The van der Waals surface area contributed by atoms with Gasteiger partial charge in [0.1, 0.15) is 0 Å². The second-order valence-corrected chi connectivity index (χ2v) is 5.75. The van der Waals surface area contributed by atoms with Crippen LogP contribution in [0.5, 0.6) is 0 Å². The van der Waals surface area contributed by atoms with Crippen molar-refractivity contribution in [2.45, 2.75) is 13.0 Å². The first-order valence-electron chi connectivity index (χ1n) is 7.68. The van der Waals surface area contributed by atoms with Crippen LogP contribution in [0.2, 0.25) is 0 Å². The Morgan fingerprint density at radius 3 is 3.05 bits per heavy atom. The highest BCUT2D eigenvalue weighted by Crippen LogP contribution is 2.03. The number of fused-ring (bicyclic) bond motifs is 1. The molecule has 0 atom stereocenters. The topological polar surface area (TPSA) is 65.8 Å². The number of nitrogens with zero attached hydrogens (tertiary/aromatic N) is 5. The van der Waals surface area contributed by atoms with Gasteiger partial charge in [-0.3, -0.25) is 14.1 Å². The van der Waals surface area contributed by atoms with Crippen molar-refractivity contribution in [2.75, 3.05) is 39.8 Å². The summed E-state index contributed by atoms with van der Waals surface area (Å²) in [4.78, 5) is 16.6. The third kappa shape index (κ3) is 3.61. The number of nitrogens with one attached hydrogen (secondary N) is 1. The number of rotatable bonds is 4. The first kappa shape index (κ1) is 14.9. The van der Waals surface area contributed by atoms with Crippen molar-refractivity contribution in [3.05, 3.63) is 30.2 Å². The number of pyridine rings is 1. The fraction of sp³-hybridized carbons (Fsp3) is 0.533. The van der Waals surface area contributed by atoms with E-state index in [-0.39, 0.29) is 5.91 Å². The lowest BCUT2D eigenvalue weighted by atomic mass is 10.4. The van der Waals surface area contributed by atoms with Gasteiger partial charge in [0.25, 0.3) is 0 Å². The fourth-order valence-electron chi connectivity index (χ4n) is 2.71. The van der Waals surface area contributed by atoms with Crippen molar-refractivity contribution >= 4 is 11.6 Å². The van der Waals surface area contributed by atoms with E-state index in [1.165, 1.54) is 0 Å². The summed E-state index contributed by atoms with van der Waals surface area (Å²) >= 11 is 0. The molecule has 0 unspecified atom stereocenters. The number of amides is 1. The van der Waals surface area contributed by atoms with Crippen molar-refractivity contribution in [2.24, 2.45) is 0 Å². The largest absolute Gasteiger partial charge is 0.348 e. The third-order valence-corrected chi connectivity index (χ3v) is 4.01. The van der Waals surface area contributed by atoms with Gasteiger partial charge in [0.15, 0.2) is 11.5 Å². The minimum absolute atomic E-state index is 0.0391. The second kappa shape index (κ2) is 6.85. The van der Waals surface area contributed by atoms with E-state index in [0.29, 0.717) is 13.1 Å². The van der Waals surface area contributed by atoms with E-state index in [1.807, 2.05) is 28.8 Å². The van der Waals surface area contributed by atoms with Crippen molar-refractivity contribution in [1.82, 2.24) is 29.7 Å². The van der Waals surface area contributed by atoms with E-state index < -0.39 is 0 Å². The van der Waals surface area contributed by atoms with Gasteiger partial charge in [0.05, 0.1) is 13.1 Å². The first-order chi connectivity index (χ1) is 10.7. The molecule has 1 fully saturated rings. The fourth-order valence-corrected chi connectivity index (χ4v) is 2.71. The Bertz CT molecular complexity index is 640. The minimum atomic E-state index is 0.0391. The number of hydrogen-bond donors (Lipinski definition) is 1. The molecule has 0 radical (unpaired) electrons. The van der Waals surface area contributed by atoms with Crippen LogP contribution < -0.4 is 5.32 Å². The van der Waals surface area contributed by atoms with E-state index in [2.05, 4.69) is 32.4 Å². The zero-order valence-corrected chi connectivity index (χ0v) is 12.9. The summed E-state index contributed by atoms with van der Waals surface area (Å²) in [7, 11) is 2.12. The molecular weight excluding hydrogens is 280 g/mol. The molecule has 1 aliphatic heterocycles. The molecule has 1 saturated heterocycles. The highest BCUT2D eigenvalue weighted by molar-refractivity contribution is 5.77. The van der Waals surface area contributed by atoms with Crippen molar-refractivity contribution in [3.63, 3.8) is 0 Å². The summed E-state index contributed by atoms with van der Waals surface area (Å²) in [6.07, 6.45) is 3.01. The highest BCUT2D eigenvalue weighted by atomic mass is 16.2. The molecule has 0 aromatic carbocycles. The first-order valence-corrected chi connectivity index (χ1v) is 7.68. The minimum Gasteiger partial charge on any atom is -0.348 e. The quantitative estimate of drug-likeness (QED) is 0.860. The summed E-state index contributed by atoms with van der Waals surface area (Å²) in [6.45, 7) is 4.89. The molecule has 2 aromatic heterocycles. The predicted molar refractivity (Wildman–Crippen MR) is 83.4 cm³/mol. The number of aromatic nitrogens is 3. The average molecular weight is 302 g/mol. The van der Waals surface area contributed by atoms with Gasteiger partial charge in [-0.1, -0.05) is 6.07 Å². The zero-order chi connectivity index (χ0) is 15.4. The van der Waals surface area contributed by atoms with E-state index in [4.69, 9.17) is 0 Å². The van der Waals surface area contributed by atoms with Crippen LogP contribution in [0.4, 0.5) is 0 Å². The molecule has 7 heteroatoms. The molecule has 7 nitrogen and oxygen atoms in total. The Hall–Kier alpha value is -1.99. The molecule has 2 aromatic rings. The molecule has 1 N–H and O–H groups in total. The highest BCUT2D eigenvalue weighted by Gasteiger charge is 2.15. The molecule has 0 aliphatic carbocycles. The summed E-state index contributed by atoms with van der Waals surface area (Å²) in [6, 6.07) is 5.74. The Morgan fingerprint density at radius 1 is 1.23 bits per heavy atom. The molecule has 0 saturated carbocycles. The van der Waals surface area contributed by atoms with Crippen molar-refractivity contribution in [1.29, 1.82) is 0 Å². The molecule has 3 rings (SSSR count).